The zero-order valence-electron chi connectivity index (χ0n) is 8.34. The third kappa shape index (κ3) is 2.90. The van der Waals surface area contributed by atoms with Crippen molar-refractivity contribution < 1.29 is 4.79 Å². The van der Waals surface area contributed by atoms with Crippen LogP contribution in [-0.4, -0.2) is 11.3 Å². The first-order valence-corrected chi connectivity index (χ1v) is 6.18. The molecule has 0 saturated carbocycles. The van der Waals surface area contributed by atoms with Crippen LogP contribution in [0.5, 0.6) is 0 Å². The Kier molecular flexibility index (Phi) is 3.86. The largest absolute Gasteiger partial charge is 0.319 e. The fourth-order valence-corrected chi connectivity index (χ4v) is 2.45. The zero-order chi connectivity index (χ0) is 10.8. The Bertz CT molecular complexity index is 333. The van der Waals surface area contributed by atoms with Gasteiger partial charge in [0, 0.05) is 21.2 Å². The van der Waals surface area contributed by atoms with Gasteiger partial charge in [-0.05, 0) is 35.3 Å². The lowest BCUT2D eigenvalue weighted by molar-refractivity contribution is -0.123. The number of nitrogens with two attached hydrogens (primary N) is 1. The number of rotatable bonds is 4. The van der Waals surface area contributed by atoms with E-state index in [1.165, 1.54) is 0 Å². The summed E-state index contributed by atoms with van der Waals surface area (Å²) >= 11 is 4.94. The molecule has 0 amide bonds. The molecular formula is C10H14BrNOS. The first-order valence-electron chi connectivity index (χ1n) is 4.51. The van der Waals surface area contributed by atoms with Crippen LogP contribution in [0.25, 0.3) is 0 Å². The Morgan fingerprint density at radius 3 is 2.79 bits per heavy atom. The van der Waals surface area contributed by atoms with Crippen LogP contribution in [0.15, 0.2) is 15.9 Å². The molecule has 0 radical (unpaired) electrons. The highest BCUT2D eigenvalue weighted by Crippen LogP contribution is 2.22. The fraction of sp³-hybridized carbons (Fsp3) is 0.500. The van der Waals surface area contributed by atoms with Gasteiger partial charge < -0.3 is 5.73 Å². The lowest BCUT2D eigenvalue weighted by Gasteiger charge is -2.20. The van der Waals surface area contributed by atoms with Crippen LogP contribution in [0.1, 0.15) is 25.1 Å². The van der Waals surface area contributed by atoms with E-state index in [1.54, 1.807) is 18.3 Å². The summed E-state index contributed by atoms with van der Waals surface area (Å²) in [6.45, 7) is 3.72. The van der Waals surface area contributed by atoms with E-state index in [4.69, 9.17) is 5.73 Å². The minimum atomic E-state index is -0.684. The van der Waals surface area contributed by atoms with Gasteiger partial charge in [0.25, 0.3) is 0 Å². The number of carbonyl (C=O) groups is 1. The maximum absolute atomic E-state index is 11.7. The summed E-state index contributed by atoms with van der Waals surface area (Å²) in [4.78, 5) is 12.8. The van der Waals surface area contributed by atoms with Crippen molar-refractivity contribution in [3.63, 3.8) is 0 Å². The number of Topliss-reactive ketones (excluding diaryl/α,β-unsaturated/α-hetero) is 1. The van der Waals surface area contributed by atoms with E-state index in [-0.39, 0.29) is 5.78 Å². The van der Waals surface area contributed by atoms with Gasteiger partial charge in [-0.25, -0.2) is 0 Å². The molecule has 0 aliphatic rings. The van der Waals surface area contributed by atoms with Gasteiger partial charge in [0.1, 0.15) is 0 Å². The number of halogens is 1. The van der Waals surface area contributed by atoms with E-state index in [0.717, 1.165) is 9.35 Å². The van der Waals surface area contributed by atoms with Gasteiger partial charge in [-0.1, -0.05) is 6.92 Å². The molecule has 0 aliphatic carbocycles. The molecule has 2 nitrogen and oxygen atoms in total. The highest BCUT2D eigenvalue weighted by molar-refractivity contribution is 9.10. The van der Waals surface area contributed by atoms with E-state index in [9.17, 15) is 4.79 Å². The Morgan fingerprint density at radius 2 is 2.36 bits per heavy atom. The van der Waals surface area contributed by atoms with Crippen molar-refractivity contribution in [1.29, 1.82) is 0 Å². The smallest absolute Gasteiger partial charge is 0.157 e. The number of thiophene rings is 1. The average Bonchev–Trinajstić information content (AvgIpc) is 2.51. The standard InChI is InChI=1S/C10H14BrNOS/c1-3-10(2,12)9(13)5-8-4-7(11)6-14-8/h4,6H,3,5,12H2,1-2H3. The fourth-order valence-electron chi connectivity index (χ4n) is 1.00. The summed E-state index contributed by atoms with van der Waals surface area (Å²) in [6, 6.07) is 1.97. The van der Waals surface area contributed by atoms with Crippen LogP contribution in [0.4, 0.5) is 0 Å². The van der Waals surface area contributed by atoms with Gasteiger partial charge in [0.15, 0.2) is 5.78 Å². The SMILES string of the molecule is CCC(C)(N)C(=O)Cc1cc(Br)cs1. The van der Waals surface area contributed by atoms with Crippen molar-refractivity contribution in [3.8, 4) is 0 Å². The molecule has 4 heteroatoms. The second-order valence-electron chi connectivity index (χ2n) is 3.60. The third-order valence-corrected chi connectivity index (χ3v) is 4.03. The summed E-state index contributed by atoms with van der Waals surface area (Å²) < 4.78 is 1.03. The highest BCUT2D eigenvalue weighted by Gasteiger charge is 2.25. The molecule has 1 rings (SSSR count). The predicted octanol–water partition coefficient (Wildman–Crippen LogP) is 2.75. The van der Waals surface area contributed by atoms with Crippen molar-refractivity contribution in [3.05, 3.63) is 20.8 Å². The topological polar surface area (TPSA) is 43.1 Å². The van der Waals surface area contributed by atoms with Crippen LogP contribution < -0.4 is 5.73 Å². The van der Waals surface area contributed by atoms with E-state index in [2.05, 4.69) is 15.9 Å². The summed E-state index contributed by atoms with van der Waals surface area (Å²) in [5.74, 6) is 0.106. The molecule has 78 valence electrons. The second kappa shape index (κ2) is 4.55. The van der Waals surface area contributed by atoms with Gasteiger partial charge in [0.05, 0.1) is 5.54 Å². The van der Waals surface area contributed by atoms with Gasteiger partial charge >= 0.3 is 0 Å². The normalized spacial score (nSPS) is 15.1. The monoisotopic (exact) mass is 275 g/mol. The van der Waals surface area contributed by atoms with Crippen LogP contribution in [-0.2, 0) is 11.2 Å². The quantitative estimate of drug-likeness (QED) is 0.918. The van der Waals surface area contributed by atoms with Crippen molar-refractivity contribution in [2.75, 3.05) is 0 Å². The molecule has 0 spiro atoms. The number of hydrogen-bond acceptors (Lipinski definition) is 3. The van der Waals surface area contributed by atoms with Crippen LogP contribution in [0.2, 0.25) is 0 Å². The lowest BCUT2D eigenvalue weighted by atomic mass is 9.92. The molecule has 2 N–H and O–H groups in total. The van der Waals surface area contributed by atoms with Crippen molar-refractivity contribution >= 4 is 33.0 Å². The minimum Gasteiger partial charge on any atom is -0.319 e. The summed E-state index contributed by atoms with van der Waals surface area (Å²) in [7, 11) is 0. The van der Waals surface area contributed by atoms with Crippen molar-refractivity contribution in [2.24, 2.45) is 5.73 Å². The molecular weight excluding hydrogens is 262 g/mol. The molecule has 0 aromatic carbocycles. The average molecular weight is 276 g/mol. The number of carbonyl (C=O) groups excluding carboxylic acids is 1. The Hall–Kier alpha value is -0.190. The second-order valence-corrected chi connectivity index (χ2v) is 5.51. The van der Waals surface area contributed by atoms with Gasteiger partial charge in [-0.3, -0.25) is 4.79 Å². The minimum absolute atomic E-state index is 0.106. The van der Waals surface area contributed by atoms with Gasteiger partial charge in [0.2, 0.25) is 0 Å². The third-order valence-electron chi connectivity index (χ3n) is 2.33. The van der Waals surface area contributed by atoms with Crippen LogP contribution in [0.3, 0.4) is 0 Å². The maximum Gasteiger partial charge on any atom is 0.157 e. The first kappa shape index (κ1) is 11.9. The van der Waals surface area contributed by atoms with Crippen molar-refractivity contribution in [1.82, 2.24) is 0 Å². The Balaban J connectivity index is 2.66. The molecule has 0 saturated heterocycles. The van der Waals surface area contributed by atoms with E-state index < -0.39 is 5.54 Å². The molecule has 1 aromatic heterocycles. The molecule has 1 aromatic rings. The lowest BCUT2D eigenvalue weighted by Crippen LogP contribution is -2.44. The van der Waals surface area contributed by atoms with Gasteiger partial charge in [-0.15, -0.1) is 11.3 Å². The first-order chi connectivity index (χ1) is 6.45. The molecule has 14 heavy (non-hydrogen) atoms. The summed E-state index contributed by atoms with van der Waals surface area (Å²) in [5.41, 5.74) is 5.17. The number of hydrogen-bond donors (Lipinski definition) is 1. The summed E-state index contributed by atoms with van der Waals surface area (Å²) in [5, 5.41) is 1.97. The predicted molar refractivity (Wildman–Crippen MR) is 63.6 cm³/mol. The molecule has 0 fully saturated rings. The molecule has 1 heterocycles. The van der Waals surface area contributed by atoms with E-state index >= 15 is 0 Å². The summed E-state index contributed by atoms with van der Waals surface area (Å²) in [6.07, 6.45) is 1.12. The van der Waals surface area contributed by atoms with E-state index in [1.807, 2.05) is 18.4 Å². The molecule has 0 bridgehead atoms. The molecule has 0 aliphatic heterocycles. The number of ketones is 1. The van der Waals surface area contributed by atoms with Crippen LogP contribution >= 0.6 is 27.3 Å². The van der Waals surface area contributed by atoms with Gasteiger partial charge in [-0.2, -0.15) is 0 Å². The Labute approximate surface area is 96.6 Å². The Morgan fingerprint density at radius 1 is 1.71 bits per heavy atom. The van der Waals surface area contributed by atoms with Crippen molar-refractivity contribution in [2.45, 2.75) is 32.2 Å². The van der Waals surface area contributed by atoms with E-state index in [0.29, 0.717) is 12.8 Å². The van der Waals surface area contributed by atoms with Crippen LogP contribution in [0, 0.1) is 0 Å². The maximum atomic E-state index is 11.7. The zero-order valence-corrected chi connectivity index (χ0v) is 10.7. The molecule has 1 atom stereocenters. The molecule has 1 unspecified atom stereocenters. The highest BCUT2D eigenvalue weighted by atomic mass is 79.9.